The monoisotopic (exact) mass is 441 g/mol. The molecule has 32 heavy (non-hydrogen) atoms. The van der Waals surface area contributed by atoms with Gasteiger partial charge in [0.15, 0.2) is 17.2 Å². The Balaban J connectivity index is 1.43. The second-order valence-corrected chi connectivity index (χ2v) is 8.09. The molecule has 164 valence electrons. The second kappa shape index (κ2) is 6.75. The largest absolute Gasteiger partial charge is 0.492 e. The van der Waals surface area contributed by atoms with Gasteiger partial charge in [0.25, 0.3) is 0 Å². The van der Waals surface area contributed by atoms with Crippen molar-refractivity contribution in [1.82, 2.24) is 9.97 Å². The predicted molar refractivity (Wildman–Crippen MR) is 108 cm³/mol. The van der Waals surface area contributed by atoms with Gasteiger partial charge in [0, 0.05) is 36.3 Å². The first-order valence-electron chi connectivity index (χ1n) is 10.2. The topological polar surface area (TPSA) is 56.7 Å². The van der Waals surface area contributed by atoms with Gasteiger partial charge in [0.05, 0.1) is 17.7 Å². The van der Waals surface area contributed by atoms with Crippen LogP contribution in [0.3, 0.4) is 0 Å². The molecule has 0 saturated heterocycles. The molecule has 0 amide bonds. The van der Waals surface area contributed by atoms with Gasteiger partial charge in [-0.05, 0) is 17.7 Å². The van der Waals surface area contributed by atoms with Crippen LogP contribution in [0.1, 0.15) is 22.5 Å². The van der Waals surface area contributed by atoms with E-state index in [0.29, 0.717) is 43.6 Å². The Morgan fingerprint density at radius 3 is 2.47 bits per heavy atom. The van der Waals surface area contributed by atoms with Crippen LogP contribution in [0.25, 0.3) is 0 Å². The minimum Gasteiger partial charge on any atom is -0.492 e. The Morgan fingerprint density at radius 2 is 1.66 bits per heavy atom. The van der Waals surface area contributed by atoms with E-state index in [2.05, 4.69) is 9.97 Å². The van der Waals surface area contributed by atoms with Gasteiger partial charge in [-0.3, -0.25) is 4.98 Å². The van der Waals surface area contributed by atoms with E-state index in [1.807, 2.05) is 41.3 Å². The van der Waals surface area contributed by atoms with Crippen LogP contribution in [-0.4, -0.2) is 36.3 Å². The number of alkyl halides is 3. The summed E-state index contributed by atoms with van der Waals surface area (Å²) in [6.45, 7) is 1.77. The number of fused-ring (bicyclic) bond motifs is 5. The molecule has 0 N–H and O–H groups in total. The van der Waals surface area contributed by atoms with Crippen LogP contribution in [0.2, 0.25) is 0 Å². The van der Waals surface area contributed by atoms with Crippen LogP contribution in [0.4, 0.5) is 18.9 Å². The quantitative estimate of drug-likeness (QED) is 0.600. The first kappa shape index (κ1) is 19.2. The number of nitrogens with zero attached hydrogens (tertiary/aromatic N) is 3. The van der Waals surface area contributed by atoms with Gasteiger partial charge in [-0.1, -0.05) is 18.2 Å². The third kappa shape index (κ3) is 2.80. The van der Waals surface area contributed by atoms with E-state index < -0.39 is 17.3 Å². The molecular weight excluding hydrogens is 423 g/mol. The molecule has 6 rings (SSSR count). The molecule has 0 bridgehead atoms. The zero-order valence-corrected chi connectivity index (χ0v) is 16.9. The van der Waals surface area contributed by atoms with Crippen LogP contribution < -0.4 is 19.1 Å². The number of aromatic nitrogens is 2. The lowest BCUT2D eigenvalue weighted by atomic mass is 9.77. The molecule has 4 heterocycles. The molecule has 0 saturated carbocycles. The zero-order chi connectivity index (χ0) is 21.9. The Labute approximate surface area is 181 Å². The molecule has 9 heteroatoms. The van der Waals surface area contributed by atoms with Gasteiger partial charge in [-0.2, -0.15) is 13.2 Å². The summed E-state index contributed by atoms with van der Waals surface area (Å²) in [6.07, 6.45) is -2.21. The highest BCUT2D eigenvalue weighted by molar-refractivity contribution is 5.70. The molecule has 0 aliphatic carbocycles. The molecule has 0 fully saturated rings. The van der Waals surface area contributed by atoms with Gasteiger partial charge in [-0.15, -0.1) is 0 Å². The number of rotatable bonds is 2. The maximum absolute atomic E-state index is 13.5. The summed E-state index contributed by atoms with van der Waals surface area (Å²) < 4.78 is 58.0. The molecule has 3 aliphatic rings. The smallest absolute Gasteiger partial charge is 0.435 e. The van der Waals surface area contributed by atoms with Gasteiger partial charge < -0.3 is 19.1 Å². The molecule has 1 spiro atoms. The Morgan fingerprint density at radius 1 is 0.906 bits per heavy atom. The summed E-state index contributed by atoms with van der Waals surface area (Å²) in [7, 11) is 0. The van der Waals surface area contributed by atoms with Crippen molar-refractivity contribution in [2.45, 2.75) is 18.1 Å². The summed E-state index contributed by atoms with van der Waals surface area (Å²) >= 11 is 0. The van der Waals surface area contributed by atoms with E-state index in [9.17, 15) is 13.2 Å². The number of halogens is 3. The normalized spacial score (nSPS) is 20.8. The van der Waals surface area contributed by atoms with Gasteiger partial charge in [-0.25, -0.2) is 4.98 Å². The van der Waals surface area contributed by atoms with Crippen LogP contribution in [-0.2, 0) is 18.1 Å². The van der Waals surface area contributed by atoms with Crippen molar-refractivity contribution in [3.05, 3.63) is 71.3 Å². The van der Waals surface area contributed by atoms with Crippen molar-refractivity contribution in [2.24, 2.45) is 0 Å². The standard InChI is InChI=1S/C23H18F3N3O3/c24-23(25,26)21-16(27-5-6-28-21)11-29-12-22(14-3-1-2-4-17(14)29)13-32-18-10-20-19(9-15(18)22)30-7-8-31-20/h1-6,9-10H,7-8,11-13H2. The third-order valence-corrected chi connectivity index (χ3v) is 6.24. The maximum Gasteiger partial charge on any atom is 0.435 e. The number of hydrogen-bond donors (Lipinski definition) is 0. The summed E-state index contributed by atoms with van der Waals surface area (Å²) in [5.74, 6) is 2.01. The van der Waals surface area contributed by atoms with Gasteiger partial charge in [0.1, 0.15) is 25.6 Å². The summed E-state index contributed by atoms with van der Waals surface area (Å²) in [6, 6.07) is 11.5. The Kier molecular flexibility index (Phi) is 4.05. The highest BCUT2D eigenvalue weighted by Crippen LogP contribution is 2.54. The van der Waals surface area contributed by atoms with Crippen molar-refractivity contribution in [1.29, 1.82) is 0 Å². The van der Waals surface area contributed by atoms with E-state index in [-0.39, 0.29) is 12.2 Å². The first-order chi connectivity index (χ1) is 15.5. The first-order valence-corrected chi connectivity index (χ1v) is 10.2. The third-order valence-electron chi connectivity index (χ3n) is 6.24. The average Bonchev–Trinajstić information content (AvgIpc) is 3.30. The lowest BCUT2D eigenvalue weighted by molar-refractivity contribution is -0.142. The molecule has 3 aliphatic heterocycles. The fraction of sp³-hybridized carbons (Fsp3) is 0.304. The highest BCUT2D eigenvalue weighted by atomic mass is 19.4. The lowest BCUT2D eigenvalue weighted by Gasteiger charge is -2.26. The number of para-hydroxylation sites is 1. The SMILES string of the molecule is FC(F)(F)c1nccnc1CN1CC2(COc3cc4c(cc32)OCCO4)c2ccccc21. The summed E-state index contributed by atoms with van der Waals surface area (Å²) in [5, 5.41) is 0. The number of ether oxygens (including phenoxy) is 3. The number of hydrogen-bond acceptors (Lipinski definition) is 6. The van der Waals surface area contributed by atoms with E-state index in [1.165, 1.54) is 6.20 Å². The second-order valence-electron chi connectivity index (χ2n) is 8.09. The van der Waals surface area contributed by atoms with Crippen molar-refractivity contribution < 1.29 is 27.4 Å². The van der Waals surface area contributed by atoms with Gasteiger partial charge >= 0.3 is 6.18 Å². The van der Waals surface area contributed by atoms with Crippen molar-refractivity contribution in [2.75, 3.05) is 31.3 Å². The molecule has 6 nitrogen and oxygen atoms in total. The van der Waals surface area contributed by atoms with E-state index >= 15 is 0 Å². The molecular formula is C23H18F3N3O3. The lowest BCUT2D eigenvalue weighted by Crippen LogP contribution is -2.36. The van der Waals surface area contributed by atoms with Crippen LogP contribution in [0.15, 0.2) is 48.8 Å². The number of benzene rings is 2. The van der Waals surface area contributed by atoms with E-state index in [0.717, 1.165) is 23.0 Å². The minimum absolute atomic E-state index is 0.0126. The molecule has 3 aromatic rings. The Hall–Kier alpha value is -3.49. The zero-order valence-electron chi connectivity index (χ0n) is 16.9. The molecule has 1 aromatic heterocycles. The van der Waals surface area contributed by atoms with E-state index in [1.54, 1.807) is 0 Å². The van der Waals surface area contributed by atoms with Crippen molar-refractivity contribution in [3.8, 4) is 17.2 Å². The van der Waals surface area contributed by atoms with Crippen molar-refractivity contribution >= 4 is 5.69 Å². The van der Waals surface area contributed by atoms with Crippen LogP contribution in [0.5, 0.6) is 17.2 Å². The summed E-state index contributed by atoms with van der Waals surface area (Å²) in [4.78, 5) is 9.48. The predicted octanol–water partition coefficient (Wildman–Crippen LogP) is 3.97. The number of anilines is 1. The van der Waals surface area contributed by atoms with E-state index in [4.69, 9.17) is 14.2 Å². The van der Waals surface area contributed by atoms with Gasteiger partial charge in [0.2, 0.25) is 0 Å². The van der Waals surface area contributed by atoms with Crippen LogP contribution in [0, 0.1) is 0 Å². The average molecular weight is 441 g/mol. The highest BCUT2D eigenvalue weighted by Gasteiger charge is 2.50. The maximum atomic E-state index is 13.5. The summed E-state index contributed by atoms with van der Waals surface area (Å²) in [5.41, 5.74) is 1.23. The fourth-order valence-electron chi connectivity index (χ4n) is 4.89. The fourth-order valence-corrected chi connectivity index (χ4v) is 4.89. The van der Waals surface area contributed by atoms with Crippen molar-refractivity contribution in [3.63, 3.8) is 0 Å². The van der Waals surface area contributed by atoms with Crippen LogP contribution >= 0.6 is 0 Å². The minimum atomic E-state index is -4.57. The molecule has 0 radical (unpaired) electrons. The Bertz CT molecular complexity index is 1220. The molecule has 2 aromatic carbocycles. The molecule has 1 atom stereocenters. The molecule has 1 unspecified atom stereocenters.